The molecule has 1 aliphatic heterocycles. The van der Waals surface area contributed by atoms with E-state index in [0.29, 0.717) is 24.2 Å². The normalized spacial score (nSPS) is 15.8. The third kappa shape index (κ3) is 3.74. The van der Waals surface area contributed by atoms with Crippen molar-refractivity contribution in [3.8, 4) is 16.9 Å². The summed E-state index contributed by atoms with van der Waals surface area (Å²) in [6, 6.07) is 12.7. The molecule has 5 aromatic rings. The van der Waals surface area contributed by atoms with E-state index in [0.717, 1.165) is 39.1 Å². The lowest BCUT2D eigenvalue weighted by Crippen LogP contribution is -2.40. The molecule has 8 nitrogen and oxygen atoms in total. The van der Waals surface area contributed by atoms with Gasteiger partial charge in [0.2, 0.25) is 0 Å². The van der Waals surface area contributed by atoms with Crippen molar-refractivity contribution >= 4 is 37.5 Å². The van der Waals surface area contributed by atoms with Crippen LogP contribution in [0.4, 0.5) is 10.2 Å². The molecule has 0 radical (unpaired) electrons. The number of sulfone groups is 1. The SMILES string of the molecule is Cc1cc(F)cc2c(-c3cccc4nn(C)cc34)nn(-c3ccc(N4CCS(=O)(=O)CC4)nc3)c12. The maximum atomic E-state index is 14.5. The molecule has 0 aliphatic carbocycles. The average Bonchev–Trinajstić information content (AvgIpc) is 3.39. The van der Waals surface area contributed by atoms with E-state index in [1.54, 1.807) is 15.6 Å². The van der Waals surface area contributed by atoms with Crippen molar-refractivity contribution in [1.82, 2.24) is 24.5 Å². The zero-order valence-electron chi connectivity index (χ0n) is 19.3. The first-order valence-electron chi connectivity index (χ1n) is 11.3. The lowest BCUT2D eigenvalue weighted by Gasteiger charge is -2.27. The molecule has 0 amide bonds. The van der Waals surface area contributed by atoms with Crippen LogP contribution in [0.5, 0.6) is 0 Å². The molecule has 4 heterocycles. The van der Waals surface area contributed by atoms with Gasteiger partial charge in [-0.1, -0.05) is 12.1 Å². The van der Waals surface area contributed by atoms with E-state index < -0.39 is 9.84 Å². The Morgan fingerprint density at radius 3 is 2.54 bits per heavy atom. The molecule has 1 aliphatic rings. The van der Waals surface area contributed by atoms with Gasteiger partial charge in [0.15, 0.2) is 9.84 Å². The Hall–Kier alpha value is -3.79. The highest BCUT2D eigenvalue weighted by atomic mass is 32.2. The Morgan fingerprint density at radius 1 is 1.00 bits per heavy atom. The summed E-state index contributed by atoms with van der Waals surface area (Å²) in [5.74, 6) is 0.675. The highest BCUT2D eigenvalue weighted by Crippen LogP contribution is 2.36. The van der Waals surface area contributed by atoms with Gasteiger partial charge in [-0.25, -0.2) is 22.5 Å². The van der Waals surface area contributed by atoms with E-state index in [4.69, 9.17) is 5.10 Å². The summed E-state index contributed by atoms with van der Waals surface area (Å²) in [7, 11) is -1.10. The Labute approximate surface area is 201 Å². The van der Waals surface area contributed by atoms with Crippen LogP contribution in [-0.2, 0) is 16.9 Å². The van der Waals surface area contributed by atoms with Crippen molar-refractivity contribution in [3.63, 3.8) is 0 Å². The zero-order valence-corrected chi connectivity index (χ0v) is 20.1. The van der Waals surface area contributed by atoms with Gasteiger partial charge < -0.3 is 4.90 Å². The second-order valence-corrected chi connectivity index (χ2v) is 11.2. The summed E-state index contributed by atoms with van der Waals surface area (Å²) in [5.41, 5.74) is 4.70. The van der Waals surface area contributed by atoms with Gasteiger partial charge in [-0.15, -0.1) is 0 Å². The number of anilines is 1. The molecule has 3 aromatic heterocycles. The smallest absolute Gasteiger partial charge is 0.153 e. The fourth-order valence-electron chi connectivity index (χ4n) is 4.79. The van der Waals surface area contributed by atoms with Crippen molar-refractivity contribution in [2.75, 3.05) is 29.5 Å². The number of benzene rings is 2. The van der Waals surface area contributed by atoms with Gasteiger partial charge in [0.25, 0.3) is 0 Å². The van der Waals surface area contributed by atoms with Crippen molar-refractivity contribution < 1.29 is 12.8 Å². The summed E-state index contributed by atoms with van der Waals surface area (Å²) >= 11 is 0. The van der Waals surface area contributed by atoms with Crippen molar-refractivity contribution in [1.29, 1.82) is 0 Å². The van der Waals surface area contributed by atoms with Crippen LogP contribution in [0.2, 0.25) is 0 Å². The third-order valence-electron chi connectivity index (χ3n) is 6.50. The molecule has 2 aromatic carbocycles. The fourth-order valence-corrected chi connectivity index (χ4v) is 5.99. The van der Waals surface area contributed by atoms with Gasteiger partial charge >= 0.3 is 0 Å². The molecule has 178 valence electrons. The van der Waals surface area contributed by atoms with Crippen molar-refractivity contribution in [2.45, 2.75) is 6.92 Å². The molecule has 6 rings (SSSR count). The average molecular weight is 491 g/mol. The molecule has 10 heteroatoms. The van der Waals surface area contributed by atoms with E-state index in [1.807, 2.05) is 55.4 Å². The standard InChI is InChI=1S/C25H23FN6O2S/c1-16-12-17(26)13-20-24(19-4-3-5-22-21(19)15-30(2)28-22)29-32(25(16)20)18-6-7-23(27-14-18)31-8-10-35(33,34)11-9-31/h3-7,12-15H,8-11H2,1-2H3. The molecule has 0 unspecified atom stereocenters. The molecule has 0 saturated carbocycles. The lowest BCUT2D eigenvalue weighted by atomic mass is 10.0. The quantitative estimate of drug-likeness (QED) is 0.384. The zero-order chi connectivity index (χ0) is 24.3. The van der Waals surface area contributed by atoms with Gasteiger partial charge in [-0.3, -0.25) is 4.68 Å². The fraction of sp³-hybridized carbons (Fsp3) is 0.240. The van der Waals surface area contributed by atoms with Gasteiger partial charge in [-0.2, -0.15) is 10.2 Å². The monoisotopic (exact) mass is 490 g/mol. The summed E-state index contributed by atoms with van der Waals surface area (Å²) < 4.78 is 41.6. The molecule has 0 spiro atoms. The van der Waals surface area contributed by atoms with E-state index in [-0.39, 0.29) is 17.3 Å². The second kappa shape index (κ2) is 7.88. The molecular formula is C25H23FN6O2S. The number of hydrogen-bond acceptors (Lipinski definition) is 6. The maximum absolute atomic E-state index is 14.5. The highest BCUT2D eigenvalue weighted by molar-refractivity contribution is 7.91. The minimum Gasteiger partial charge on any atom is -0.355 e. The summed E-state index contributed by atoms with van der Waals surface area (Å²) in [6.07, 6.45) is 3.67. The first-order valence-corrected chi connectivity index (χ1v) is 13.1. The minimum absolute atomic E-state index is 0.133. The van der Waals surface area contributed by atoms with Crippen LogP contribution < -0.4 is 4.90 Å². The Bertz CT molecular complexity index is 1690. The lowest BCUT2D eigenvalue weighted by molar-refractivity contribution is 0.586. The third-order valence-corrected chi connectivity index (χ3v) is 8.11. The first kappa shape index (κ1) is 21.7. The summed E-state index contributed by atoms with van der Waals surface area (Å²) in [4.78, 5) is 6.57. The van der Waals surface area contributed by atoms with Crippen LogP contribution in [0.25, 0.3) is 38.8 Å². The molecule has 1 fully saturated rings. The maximum Gasteiger partial charge on any atom is 0.153 e. The molecular weight excluding hydrogens is 467 g/mol. The van der Waals surface area contributed by atoms with Crippen molar-refractivity contribution in [2.24, 2.45) is 7.05 Å². The molecule has 1 saturated heterocycles. The summed E-state index contributed by atoms with van der Waals surface area (Å²) in [6.45, 7) is 2.72. The van der Waals surface area contributed by atoms with Crippen LogP contribution in [0.15, 0.2) is 54.9 Å². The molecule has 0 atom stereocenters. The topological polar surface area (TPSA) is 85.9 Å². The predicted molar refractivity (Wildman–Crippen MR) is 134 cm³/mol. The van der Waals surface area contributed by atoms with Crippen molar-refractivity contribution in [3.05, 3.63) is 66.2 Å². The number of pyridine rings is 1. The number of halogens is 1. The molecule has 0 N–H and O–H groups in total. The highest BCUT2D eigenvalue weighted by Gasteiger charge is 2.23. The van der Waals surface area contributed by atoms with E-state index >= 15 is 0 Å². The van der Waals surface area contributed by atoms with Gasteiger partial charge in [-0.05, 0) is 42.8 Å². The van der Waals surface area contributed by atoms with Crippen LogP contribution in [0.1, 0.15) is 5.56 Å². The predicted octanol–water partition coefficient (Wildman–Crippen LogP) is 3.66. The van der Waals surface area contributed by atoms with E-state index in [1.165, 1.54) is 12.1 Å². The number of hydrogen-bond donors (Lipinski definition) is 0. The van der Waals surface area contributed by atoms with Gasteiger partial charge in [0.1, 0.15) is 17.3 Å². The molecule has 0 bridgehead atoms. The number of aromatic nitrogens is 5. The van der Waals surface area contributed by atoms with Crippen LogP contribution >= 0.6 is 0 Å². The molecule has 35 heavy (non-hydrogen) atoms. The van der Waals surface area contributed by atoms with E-state index in [2.05, 4.69) is 10.1 Å². The minimum atomic E-state index is -2.97. The van der Waals surface area contributed by atoms with E-state index in [9.17, 15) is 12.8 Å². The number of nitrogens with zero attached hydrogens (tertiary/aromatic N) is 6. The Balaban J connectivity index is 1.48. The van der Waals surface area contributed by atoms with Gasteiger partial charge in [0.05, 0.1) is 34.4 Å². The van der Waals surface area contributed by atoms with Gasteiger partial charge in [0, 0.05) is 42.7 Å². The summed E-state index contributed by atoms with van der Waals surface area (Å²) in [5, 5.41) is 11.1. The first-order chi connectivity index (χ1) is 16.8. The number of rotatable bonds is 3. The number of fused-ring (bicyclic) bond motifs is 2. The second-order valence-electron chi connectivity index (χ2n) is 8.93. The van der Waals surface area contributed by atoms with Crippen LogP contribution in [0, 0.1) is 12.7 Å². The Kier molecular flexibility index (Phi) is 4.89. The Morgan fingerprint density at radius 2 is 1.80 bits per heavy atom. The van der Waals surface area contributed by atoms with Crippen LogP contribution in [0.3, 0.4) is 0 Å². The largest absolute Gasteiger partial charge is 0.355 e. The van der Waals surface area contributed by atoms with Crippen LogP contribution in [-0.4, -0.2) is 57.6 Å². The number of aryl methyl sites for hydroxylation is 2.